The Morgan fingerprint density at radius 2 is 2.09 bits per heavy atom. The Morgan fingerprint density at radius 1 is 1.45 bits per heavy atom. The summed E-state index contributed by atoms with van der Waals surface area (Å²) in [7, 11) is 0. The van der Waals surface area contributed by atoms with Gasteiger partial charge in [-0.2, -0.15) is 0 Å². The van der Waals surface area contributed by atoms with Gasteiger partial charge < -0.3 is 25.2 Å². The molecule has 65 valence electrons. The molecule has 1 fully saturated rings. The normalized spacial score (nSPS) is 40.9. The largest absolute Gasteiger partial charge is 0.394 e. The highest BCUT2D eigenvalue weighted by Crippen LogP contribution is 2.20. The van der Waals surface area contributed by atoms with Crippen LogP contribution in [0.5, 0.6) is 0 Å². The van der Waals surface area contributed by atoms with Gasteiger partial charge in [-0.25, -0.2) is 0 Å². The highest BCUT2D eigenvalue weighted by Gasteiger charge is 2.37. The van der Waals surface area contributed by atoms with Crippen LogP contribution in [-0.2, 0) is 4.74 Å². The van der Waals surface area contributed by atoms with Crippen molar-refractivity contribution < 1.29 is 25.2 Å². The molecule has 0 saturated carbocycles. The first kappa shape index (κ1) is 8.89. The fraction of sp³-hybridized carbons (Fsp3) is 0.833. The summed E-state index contributed by atoms with van der Waals surface area (Å²) in [5, 5.41) is 35.5. The van der Waals surface area contributed by atoms with Crippen molar-refractivity contribution in [1.29, 1.82) is 0 Å². The molecule has 0 aliphatic carbocycles. The lowest BCUT2D eigenvalue weighted by Gasteiger charge is -2.33. The van der Waals surface area contributed by atoms with Gasteiger partial charge in [-0.3, -0.25) is 0 Å². The molecule has 5 heteroatoms. The summed E-state index contributed by atoms with van der Waals surface area (Å²) in [4.78, 5) is 0. The van der Waals surface area contributed by atoms with Crippen LogP contribution in [-0.4, -0.2) is 52.0 Å². The Morgan fingerprint density at radius 3 is 2.64 bits per heavy atom. The van der Waals surface area contributed by atoms with Crippen LogP contribution in [0.15, 0.2) is 0 Å². The van der Waals surface area contributed by atoms with E-state index in [0.717, 1.165) is 0 Å². The highest BCUT2D eigenvalue weighted by atomic mass is 16.5. The number of aliphatic hydroxyl groups is 4. The van der Waals surface area contributed by atoms with Gasteiger partial charge >= 0.3 is 0 Å². The predicted molar refractivity (Wildman–Crippen MR) is 34.0 cm³/mol. The molecule has 0 aromatic rings. The quantitative estimate of drug-likeness (QED) is 0.359. The minimum atomic E-state index is -1.29. The predicted octanol–water partition coefficient (Wildman–Crippen LogP) is -2.00. The average Bonchev–Trinajstić information content (AvgIpc) is 2.01. The maximum absolute atomic E-state index is 9.08. The van der Waals surface area contributed by atoms with Crippen molar-refractivity contribution in [1.82, 2.24) is 0 Å². The van der Waals surface area contributed by atoms with E-state index in [1.54, 1.807) is 0 Å². The zero-order chi connectivity index (χ0) is 8.43. The van der Waals surface area contributed by atoms with Crippen molar-refractivity contribution in [3.8, 4) is 0 Å². The van der Waals surface area contributed by atoms with E-state index in [9.17, 15) is 0 Å². The first-order valence-corrected chi connectivity index (χ1v) is 3.31. The second-order valence-corrected chi connectivity index (χ2v) is 2.44. The van der Waals surface area contributed by atoms with Crippen LogP contribution in [0.3, 0.4) is 0 Å². The van der Waals surface area contributed by atoms with Gasteiger partial charge in [-0.05, 0) is 0 Å². The maximum Gasteiger partial charge on any atom is 0.155 e. The van der Waals surface area contributed by atoms with E-state index >= 15 is 0 Å². The second kappa shape index (κ2) is 3.46. The van der Waals surface area contributed by atoms with Gasteiger partial charge in [-0.1, -0.05) is 0 Å². The molecule has 1 rings (SSSR count). The number of hydrogen-bond acceptors (Lipinski definition) is 5. The first-order valence-electron chi connectivity index (χ1n) is 3.31. The number of hydrogen-bond donors (Lipinski definition) is 4. The molecule has 0 aromatic carbocycles. The Labute approximate surface area is 63.8 Å². The van der Waals surface area contributed by atoms with Crippen LogP contribution >= 0.6 is 0 Å². The van der Waals surface area contributed by atoms with Crippen LogP contribution < -0.4 is 0 Å². The zero-order valence-corrected chi connectivity index (χ0v) is 5.84. The minimum Gasteiger partial charge on any atom is -0.394 e. The molecule has 4 N–H and O–H groups in total. The van der Waals surface area contributed by atoms with Gasteiger partial charge in [0.25, 0.3) is 0 Å². The van der Waals surface area contributed by atoms with Crippen LogP contribution in [0.2, 0.25) is 0 Å². The number of rotatable bonds is 1. The molecule has 0 aromatic heterocycles. The Balaban J connectivity index is 2.52. The van der Waals surface area contributed by atoms with E-state index in [4.69, 9.17) is 25.2 Å². The number of aliphatic hydroxyl groups excluding tert-OH is 4. The number of ether oxygens (including phenoxy) is 1. The smallest absolute Gasteiger partial charge is 0.155 e. The van der Waals surface area contributed by atoms with Crippen molar-refractivity contribution in [2.45, 2.75) is 18.3 Å². The van der Waals surface area contributed by atoms with E-state index in [1.807, 2.05) is 0 Å². The van der Waals surface area contributed by atoms with Crippen molar-refractivity contribution in [3.63, 3.8) is 0 Å². The minimum absolute atomic E-state index is 0.0892. The van der Waals surface area contributed by atoms with Gasteiger partial charge in [0.1, 0.15) is 18.3 Å². The molecule has 5 nitrogen and oxygen atoms in total. The lowest BCUT2D eigenvalue weighted by atomic mass is 10.0. The molecule has 0 bridgehead atoms. The van der Waals surface area contributed by atoms with Crippen LogP contribution in [0.1, 0.15) is 0 Å². The van der Waals surface area contributed by atoms with Crippen LogP contribution in [0.4, 0.5) is 0 Å². The Kier molecular flexibility index (Phi) is 2.80. The van der Waals surface area contributed by atoms with E-state index in [0.29, 0.717) is 0 Å². The summed E-state index contributed by atoms with van der Waals surface area (Å²) in [6.07, 6.45) is -3.69. The monoisotopic (exact) mass is 163 g/mol. The fourth-order valence-electron chi connectivity index (χ4n) is 0.931. The topological polar surface area (TPSA) is 90.2 Å². The molecular formula is C6H11O5. The molecule has 1 aliphatic rings. The standard InChI is InChI=1S/C6H11O5/c7-1-4-6(10)5(9)3(8)2-11-4/h3-4,6-10H,1-2H2/t3-,4+,6-/m0/s1. The molecule has 0 unspecified atom stereocenters. The van der Waals surface area contributed by atoms with Gasteiger partial charge in [0, 0.05) is 0 Å². The molecule has 0 spiro atoms. The van der Waals surface area contributed by atoms with Crippen molar-refractivity contribution in [3.05, 3.63) is 6.10 Å². The Hall–Kier alpha value is -0.200. The molecule has 3 atom stereocenters. The zero-order valence-electron chi connectivity index (χ0n) is 5.84. The molecule has 1 aliphatic heterocycles. The molecule has 1 heterocycles. The summed E-state index contributed by atoms with van der Waals surface area (Å²) in [6.45, 7) is -0.466. The maximum atomic E-state index is 9.08. The van der Waals surface area contributed by atoms with E-state index in [2.05, 4.69) is 0 Å². The average molecular weight is 163 g/mol. The Bertz CT molecular complexity index is 126. The third-order valence-corrected chi connectivity index (χ3v) is 1.64. The fourth-order valence-corrected chi connectivity index (χ4v) is 0.931. The first-order chi connectivity index (χ1) is 5.16. The summed E-state index contributed by atoms with van der Waals surface area (Å²) in [6, 6.07) is 0. The van der Waals surface area contributed by atoms with E-state index in [1.165, 1.54) is 0 Å². The molecule has 0 amide bonds. The molecular weight excluding hydrogens is 152 g/mol. The lowest BCUT2D eigenvalue weighted by Crippen LogP contribution is -2.49. The van der Waals surface area contributed by atoms with E-state index in [-0.39, 0.29) is 13.2 Å². The van der Waals surface area contributed by atoms with Gasteiger partial charge in [0.05, 0.1) is 13.2 Å². The summed E-state index contributed by atoms with van der Waals surface area (Å²) >= 11 is 0. The van der Waals surface area contributed by atoms with E-state index < -0.39 is 24.4 Å². The lowest BCUT2D eigenvalue weighted by molar-refractivity contribution is -0.153. The highest BCUT2D eigenvalue weighted by molar-refractivity contribution is 4.99. The summed E-state index contributed by atoms with van der Waals surface area (Å²) in [5.41, 5.74) is 0. The molecule has 1 radical (unpaired) electrons. The van der Waals surface area contributed by atoms with Crippen LogP contribution in [0, 0.1) is 6.10 Å². The van der Waals surface area contributed by atoms with Crippen molar-refractivity contribution in [2.75, 3.05) is 13.2 Å². The third-order valence-electron chi connectivity index (χ3n) is 1.64. The van der Waals surface area contributed by atoms with Gasteiger partial charge in [0.2, 0.25) is 0 Å². The van der Waals surface area contributed by atoms with Crippen molar-refractivity contribution in [2.24, 2.45) is 0 Å². The van der Waals surface area contributed by atoms with Crippen molar-refractivity contribution >= 4 is 0 Å². The summed E-state index contributed by atoms with van der Waals surface area (Å²) < 4.78 is 4.79. The van der Waals surface area contributed by atoms with Gasteiger partial charge in [0.15, 0.2) is 6.10 Å². The summed E-state index contributed by atoms with van der Waals surface area (Å²) in [5.74, 6) is 0. The van der Waals surface area contributed by atoms with Gasteiger partial charge in [-0.15, -0.1) is 0 Å². The SMILES string of the molecule is OC[C@H]1OC[C@H](O)[C](O)[C@H]1O. The molecule has 11 heavy (non-hydrogen) atoms. The molecule has 1 saturated heterocycles. The third kappa shape index (κ3) is 1.69. The second-order valence-electron chi connectivity index (χ2n) is 2.44. The van der Waals surface area contributed by atoms with Crippen LogP contribution in [0.25, 0.3) is 0 Å².